The maximum absolute atomic E-state index is 11.9. The molecule has 7 heteroatoms. The van der Waals surface area contributed by atoms with Gasteiger partial charge in [-0.05, 0) is 6.92 Å². The molecule has 1 aromatic heterocycles. The molecule has 1 aliphatic rings. The van der Waals surface area contributed by atoms with Gasteiger partial charge in [0.25, 0.3) is 0 Å². The van der Waals surface area contributed by atoms with Crippen LogP contribution in [0.15, 0.2) is 6.33 Å². The number of hydrogen-bond acceptors (Lipinski definition) is 5. The lowest BCUT2D eigenvalue weighted by Gasteiger charge is -2.23. The van der Waals surface area contributed by atoms with Gasteiger partial charge in [0.15, 0.2) is 5.82 Å². The fraction of sp³-hybridized carbons (Fsp3) is 0.727. The molecule has 0 spiro atoms. The number of aromatic nitrogens is 3. The van der Waals surface area contributed by atoms with Gasteiger partial charge in [0.05, 0.1) is 6.04 Å². The molecule has 1 saturated heterocycles. The summed E-state index contributed by atoms with van der Waals surface area (Å²) in [5, 5.41) is 14.1. The number of thioether (sulfide) groups is 1. The minimum atomic E-state index is -0.110. The van der Waals surface area contributed by atoms with Crippen molar-refractivity contribution in [3.63, 3.8) is 0 Å². The number of carbonyl (C=O) groups is 1. The Labute approximate surface area is 111 Å². The van der Waals surface area contributed by atoms with Crippen molar-refractivity contribution in [3.05, 3.63) is 12.2 Å². The van der Waals surface area contributed by atoms with Crippen LogP contribution in [-0.2, 0) is 11.8 Å². The molecule has 6 nitrogen and oxygen atoms in total. The second-order valence-electron chi connectivity index (χ2n) is 4.52. The van der Waals surface area contributed by atoms with Crippen molar-refractivity contribution >= 4 is 17.7 Å². The zero-order chi connectivity index (χ0) is 13.0. The van der Waals surface area contributed by atoms with E-state index in [9.17, 15) is 4.79 Å². The highest BCUT2D eigenvalue weighted by molar-refractivity contribution is 7.99. The summed E-state index contributed by atoms with van der Waals surface area (Å²) in [4.78, 5) is 11.9. The van der Waals surface area contributed by atoms with Crippen LogP contribution in [0.2, 0.25) is 0 Å². The number of nitrogens with one attached hydrogen (secondary N) is 2. The molecule has 2 unspecified atom stereocenters. The fourth-order valence-electron chi connectivity index (χ4n) is 2.02. The van der Waals surface area contributed by atoms with Gasteiger partial charge < -0.3 is 15.2 Å². The summed E-state index contributed by atoms with van der Waals surface area (Å²) >= 11 is 1.90. The van der Waals surface area contributed by atoms with Crippen LogP contribution in [0.1, 0.15) is 25.2 Å². The van der Waals surface area contributed by atoms with E-state index in [-0.39, 0.29) is 18.0 Å². The first-order valence-corrected chi connectivity index (χ1v) is 7.26. The maximum Gasteiger partial charge on any atom is 0.222 e. The van der Waals surface area contributed by atoms with E-state index >= 15 is 0 Å². The van der Waals surface area contributed by atoms with E-state index in [1.807, 2.05) is 30.3 Å². The lowest BCUT2D eigenvalue weighted by molar-refractivity contribution is -0.122. The van der Waals surface area contributed by atoms with Crippen LogP contribution >= 0.6 is 11.8 Å². The molecule has 1 aliphatic heterocycles. The second kappa shape index (κ2) is 6.19. The first-order valence-electron chi connectivity index (χ1n) is 6.11. The molecule has 2 rings (SSSR count). The first-order chi connectivity index (χ1) is 8.66. The van der Waals surface area contributed by atoms with Gasteiger partial charge in [-0.2, -0.15) is 11.8 Å². The number of amides is 1. The summed E-state index contributed by atoms with van der Waals surface area (Å²) in [6, 6.07) is 0.177. The van der Waals surface area contributed by atoms with Crippen molar-refractivity contribution in [2.24, 2.45) is 7.05 Å². The normalized spacial score (nSPS) is 21.6. The Balaban J connectivity index is 1.81. The summed E-state index contributed by atoms with van der Waals surface area (Å²) in [5.74, 6) is 2.97. The van der Waals surface area contributed by atoms with E-state index in [2.05, 4.69) is 20.8 Å². The number of carbonyl (C=O) groups excluding carboxylic acids is 1. The first kappa shape index (κ1) is 13.4. The Morgan fingerprint density at radius 3 is 3.22 bits per heavy atom. The third-order valence-electron chi connectivity index (χ3n) is 2.94. The summed E-state index contributed by atoms with van der Waals surface area (Å²) in [7, 11) is 1.87. The molecule has 0 aliphatic carbocycles. The molecule has 2 N–H and O–H groups in total. The van der Waals surface area contributed by atoms with Gasteiger partial charge in [0.1, 0.15) is 6.33 Å². The highest BCUT2D eigenvalue weighted by Crippen LogP contribution is 2.12. The van der Waals surface area contributed by atoms with Crippen molar-refractivity contribution in [1.29, 1.82) is 0 Å². The molecule has 0 radical (unpaired) electrons. The number of aryl methyl sites for hydroxylation is 1. The summed E-state index contributed by atoms with van der Waals surface area (Å²) in [6.07, 6.45) is 2.16. The average Bonchev–Trinajstić information content (AvgIpc) is 2.76. The van der Waals surface area contributed by atoms with Crippen LogP contribution in [-0.4, -0.2) is 44.8 Å². The van der Waals surface area contributed by atoms with Crippen LogP contribution in [0.4, 0.5) is 0 Å². The molecular formula is C11H19N5OS. The summed E-state index contributed by atoms with van der Waals surface area (Å²) in [6.45, 7) is 2.91. The molecule has 0 aromatic carbocycles. The molecule has 0 saturated carbocycles. The third kappa shape index (κ3) is 3.46. The molecule has 1 amide bonds. The molecule has 2 heterocycles. The molecule has 2 atom stereocenters. The molecule has 1 aromatic rings. The van der Waals surface area contributed by atoms with Crippen LogP contribution in [0.25, 0.3) is 0 Å². The van der Waals surface area contributed by atoms with E-state index < -0.39 is 0 Å². The van der Waals surface area contributed by atoms with Crippen molar-refractivity contribution < 1.29 is 4.79 Å². The van der Waals surface area contributed by atoms with Gasteiger partial charge in [0, 0.05) is 37.6 Å². The fourth-order valence-corrected chi connectivity index (χ4v) is 2.97. The molecule has 0 bridgehead atoms. The van der Waals surface area contributed by atoms with Crippen molar-refractivity contribution in [2.45, 2.75) is 25.4 Å². The largest absolute Gasteiger partial charge is 0.346 e. The van der Waals surface area contributed by atoms with E-state index in [0.717, 1.165) is 23.9 Å². The predicted molar refractivity (Wildman–Crippen MR) is 71.3 cm³/mol. The molecule has 100 valence electrons. The van der Waals surface area contributed by atoms with E-state index in [4.69, 9.17) is 0 Å². The molecular weight excluding hydrogens is 250 g/mol. The van der Waals surface area contributed by atoms with Crippen molar-refractivity contribution in [1.82, 2.24) is 25.4 Å². The maximum atomic E-state index is 11.9. The Hall–Kier alpha value is -1.08. The lowest BCUT2D eigenvalue weighted by atomic mass is 10.2. The topological polar surface area (TPSA) is 71.8 Å². The smallest absolute Gasteiger partial charge is 0.222 e. The zero-order valence-electron chi connectivity index (χ0n) is 10.7. The van der Waals surface area contributed by atoms with E-state index in [1.54, 1.807) is 6.33 Å². The quantitative estimate of drug-likeness (QED) is 0.810. The van der Waals surface area contributed by atoms with Crippen LogP contribution < -0.4 is 10.6 Å². The average molecular weight is 269 g/mol. The van der Waals surface area contributed by atoms with Crippen molar-refractivity contribution in [2.75, 3.05) is 18.1 Å². The lowest BCUT2D eigenvalue weighted by Crippen LogP contribution is -2.41. The van der Waals surface area contributed by atoms with Gasteiger partial charge in [-0.25, -0.2) is 0 Å². The number of rotatable bonds is 4. The van der Waals surface area contributed by atoms with Gasteiger partial charge in [-0.3, -0.25) is 4.79 Å². The SMILES string of the molecule is CC(NC(=O)CC1CSCCN1)c1nncn1C. The zero-order valence-corrected chi connectivity index (χ0v) is 11.5. The van der Waals surface area contributed by atoms with E-state index in [1.165, 1.54) is 0 Å². The van der Waals surface area contributed by atoms with Crippen LogP contribution in [0, 0.1) is 0 Å². The van der Waals surface area contributed by atoms with Crippen LogP contribution in [0.5, 0.6) is 0 Å². The molecule has 18 heavy (non-hydrogen) atoms. The predicted octanol–water partition coefficient (Wildman–Crippen LogP) is 0.0874. The summed E-state index contributed by atoms with van der Waals surface area (Å²) < 4.78 is 1.82. The highest BCUT2D eigenvalue weighted by Gasteiger charge is 2.19. The Kier molecular flexibility index (Phi) is 4.60. The standard InChI is InChI=1S/C11H19N5OS/c1-8(11-15-13-7-16(11)2)14-10(17)5-9-6-18-4-3-12-9/h7-9,12H,3-6H2,1-2H3,(H,14,17). The van der Waals surface area contributed by atoms with Gasteiger partial charge in [0.2, 0.25) is 5.91 Å². The van der Waals surface area contributed by atoms with Gasteiger partial charge >= 0.3 is 0 Å². The van der Waals surface area contributed by atoms with Gasteiger partial charge in [-0.15, -0.1) is 10.2 Å². The number of hydrogen-bond donors (Lipinski definition) is 2. The minimum absolute atomic E-state index is 0.0606. The summed E-state index contributed by atoms with van der Waals surface area (Å²) in [5.41, 5.74) is 0. The monoisotopic (exact) mass is 269 g/mol. The minimum Gasteiger partial charge on any atom is -0.346 e. The second-order valence-corrected chi connectivity index (χ2v) is 5.67. The Morgan fingerprint density at radius 2 is 2.61 bits per heavy atom. The van der Waals surface area contributed by atoms with Crippen molar-refractivity contribution in [3.8, 4) is 0 Å². The Bertz CT molecular complexity index is 402. The highest BCUT2D eigenvalue weighted by atomic mass is 32.2. The molecule has 1 fully saturated rings. The van der Waals surface area contributed by atoms with E-state index in [0.29, 0.717) is 6.42 Å². The number of nitrogens with zero attached hydrogens (tertiary/aromatic N) is 3. The third-order valence-corrected chi connectivity index (χ3v) is 4.07. The Morgan fingerprint density at radius 1 is 1.78 bits per heavy atom. The van der Waals surface area contributed by atoms with Gasteiger partial charge in [-0.1, -0.05) is 0 Å². The van der Waals surface area contributed by atoms with Crippen LogP contribution in [0.3, 0.4) is 0 Å².